The first-order chi connectivity index (χ1) is 12.9. The molecule has 0 unspecified atom stereocenters. The second-order valence-electron chi connectivity index (χ2n) is 10.7. The van der Waals surface area contributed by atoms with Crippen LogP contribution in [-0.4, -0.2) is 0 Å². The van der Waals surface area contributed by atoms with E-state index in [0.717, 1.165) is 5.92 Å². The van der Waals surface area contributed by atoms with Gasteiger partial charge < -0.3 is 0 Å². The van der Waals surface area contributed by atoms with Gasteiger partial charge in [-0.1, -0.05) is 134 Å². The van der Waals surface area contributed by atoms with Crippen LogP contribution in [0.15, 0.2) is 24.3 Å². The molecule has 1 fully saturated rings. The minimum Gasteiger partial charge on any atom is -0.0683 e. The fraction of sp³-hybridized carbons (Fsp3) is 0.786. The molecule has 0 amide bonds. The Morgan fingerprint density at radius 3 is 1.04 bits per heavy atom. The molecular weight excluding hydrogens is 336 g/mol. The van der Waals surface area contributed by atoms with Crippen LogP contribution in [0, 0.1) is 16.7 Å². The summed E-state index contributed by atoms with van der Waals surface area (Å²) in [6.45, 7) is 27.8. The second kappa shape index (κ2) is 18.3. The molecule has 1 aromatic rings. The number of hydrogen-bond donors (Lipinski definition) is 0. The van der Waals surface area contributed by atoms with E-state index < -0.39 is 0 Å². The minimum absolute atomic E-state index is 0.500. The van der Waals surface area contributed by atoms with Crippen LogP contribution in [0.25, 0.3) is 0 Å². The molecule has 0 spiro atoms. The Morgan fingerprint density at radius 2 is 0.857 bits per heavy atom. The standard InChI is InChI=1S/C9H10.C5H10.2C5H12.2C2H6/c1-2-5-9-7-3-6-8(9)4-1;1-5-3-2-4-5;2*1-5(2,3)4;2*1-2/h1-2,4-5H,3,6-7H2;5H,2-4H2,1H3;2*1-4H3;2*1-2H3. The van der Waals surface area contributed by atoms with Crippen LogP contribution < -0.4 is 0 Å². The van der Waals surface area contributed by atoms with Gasteiger partial charge in [0.15, 0.2) is 0 Å². The van der Waals surface area contributed by atoms with Crippen LogP contribution in [0.2, 0.25) is 0 Å². The molecule has 0 atom stereocenters. The van der Waals surface area contributed by atoms with E-state index in [1.807, 2.05) is 27.7 Å². The van der Waals surface area contributed by atoms with Crippen LogP contribution in [0.1, 0.15) is 127 Å². The summed E-state index contributed by atoms with van der Waals surface area (Å²) in [5, 5.41) is 0. The second-order valence-corrected chi connectivity index (χ2v) is 10.7. The van der Waals surface area contributed by atoms with E-state index in [2.05, 4.69) is 86.6 Å². The SMILES string of the molecule is CC.CC.CC(C)(C)C.CC(C)(C)C.CC1CCC1.c1ccc2c(c1)CCC2. The third-order valence-corrected chi connectivity index (χ3v) is 3.40. The Labute approximate surface area is 180 Å². The van der Waals surface area contributed by atoms with Crippen molar-refractivity contribution >= 4 is 0 Å². The maximum atomic E-state index is 2.31. The fourth-order valence-electron chi connectivity index (χ4n) is 2.13. The van der Waals surface area contributed by atoms with Crippen molar-refractivity contribution in [1.82, 2.24) is 0 Å². The molecule has 0 aromatic heterocycles. The van der Waals surface area contributed by atoms with Crippen molar-refractivity contribution in [1.29, 1.82) is 0 Å². The summed E-state index contributed by atoms with van der Waals surface area (Å²) >= 11 is 0. The lowest BCUT2D eigenvalue weighted by Crippen LogP contribution is -2.04. The third kappa shape index (κ3) is 30.0. The normalized spacial score (nSPS) is 14.3. The van der Waals surface area contributed by atoms with Crippen molar-refractivity contribution in [3.8, 4) is 0 Å². The molecule has 0 nitrogen and oxygen atoms in total. The summed E-state index contributed by atoms with van der Waals surface area (Å²) in [5.41, 5.74) is 4.13. The van der Waals surface area contributed by atoms with Crippen LogP contribution in [0.5, 0.6) is 0 Å². The van der Waals surface area contributed by atoms with Gasteiger partial charge in [0.2, 0.25) is 0 Å². The summed E-state index contributed by atoms with van der Waals surface area (Å²) in [6, 6.07) is 8.74. The van der Waals surface area contributed by atoms with Crippen molar-refractivity contribution in [3.05, 3.63) is 35.4 Å². The number of hydrogen-bond acceptors (Lipinski definition) is 0. The van der Waals surface area contributed by atoms with Gasteiger partial charge in [0.05, 0.1) is 0 Å². The largest absolute Gasteiger partial charge is 0.0683 e. The zero-order chi connectivity index (χ0) is 22.8. The molecular formula is C28H56. The molecule has 0 aliphatic heterocycles. The fourth-order valence-corrected chi connectivity index (χ4v) is 2.13. The molecule has 168 valence electrons. The maximum Gasteiger partial charge on any atom is -0.0273 e. The number of rotatable bonds is 0. The highest BCUT2D eigenvalue weighted by atomic mass is 14.2. The first-order valence-electron chi connectivity index (χ1n) is 11.9. The maximum absolute atomic E-state index is 2.31. The topological polar surface area (TPSA) is 0 Å². The lowest BCUT2D eigenvalue weighted by atomic mass is 9.88. The van der Waals surface area contributed by atoms with E-state index in [4.69, 9.17) is 0 Å². The van der Waals surface area contributed by atoms with E-state index in [9.17, 15) is 0 Å². The average Bonchev–Trinajstić information content (AvgIpc) is 3.03. The first-order valence-corrected chi connectivity index (χ1v) is 11.9. The van der Waals surface area contributed by atoms with Crippen LogP contribution >= 0.6 is 0 Å². The van der Waals surface area contributed by atoms with E-state index >= 15 is 0 Å². The molecule has 0 saturated heterocycles. The Kier molecular flexibility index (Phi) is 20.8. The molecule has 0 radical (unpaired) electrons. The summed E-state index contributed by atoms with van der Waals surface area (Å²) in [6.07, 6.45) is 8.42. The number of fused-ring (bicyclic) bond motifs is 1. The lowest BCUT2D eigenvalue weighted by Gasteiger charge is -2.18. The van der Waals surface area contributed by atoms with Crippen LogP contribution in [0.3, 0.4) is 0 Å². The van der Waals surface area contributed by atoms with Gasteiger partial charge in [-0.3, -0.25) is 0 Å². The third-order valence-electron chi connectivity index (χ3n) is 3.40. The Hall–Kier alpha value is -0.780. The molecule has 0 bridgehead atoms. The number of benzene rings is 1. The van der Waals surface area contributed by atoms with Crippen molar-refractivity contribution in [2.45, 2.75) is 129 Å². The lowest BCUT2D eigenvalue weighted by molar-refractivity contribution is 0.346. The molecule has 3 rings (SSSR count). The van der Waals surface area contributed by atoms with Gasteiger partial charge in [-0.2, -0.15) is 0 Å². The predicted molar refractivity (Wildman–Crippen MR) is 134 cm³/mol. The Morgan fingerprint density at radius 1 is 0.607 bits per heavy atom. The zero-order valence-electron chi connectivity index (χ0n) is 22.1. The quantitative estimate of drug-likeness (QED) is 0.412. The molecule has 28 heavy (non-hydrogen) atoms. The van der Waals surface area contributed by atoms with Crippen molar-refractivity contribution in [3.63, 3.8) is 0 Å². The average molecular weight is 393 g/mol. The summed E-state index contributed by atoms with van der Waals surface area (Å²) in [7, 11) is 0. The van der Waals surface area contributed by atoms with Gasteiger partial charge in [0.25, 0.3) is 0 Å². The Bertz CT molecular complexity index is 377. The van der Waals surface area contributed by atoms with Crippen molar-refractivity contribution in [2.24, 2.45) is 16.7 Å². The molecule has 0 heterocycles. The van der Waals surface area contributed by atoms with E-state index in [-0.39, 0.29) is 0 Å². The molecule has 1 saturated carbocycles. The number of aryl methyl sites for hydroxylation is 2. The highest BCUT2D eigenvalue weighted by Crippen LogP contribution is 2.24. The van der Waals surface area contributed by atoms with Crippen molar-refractivity contribution in [2.75, 3.05) is 0 Å². The van der Waals surface area contributed by atoms with Gasteiger partial charge in [-0.15, -0.1) is 0 Å². The molecule has 1 aromatic carbocycles. The molecule has 0 heteroatoms. The highest BCUT2D eigenvalue weighted by Gasteiger charge is 2.09. The minimum atomic E-state index is 0.500. The first kappa shape index (κ1) is 31.9. The zero-order valence-corrected chi connectivity index (χ0v) is 22.1. The van der Waals surface area contributed by atoms with E-state index in [1.54, 1.807) is 11.1 Å². The predicted octanol–water partition coefficient (Wildman–Crippen LogP) is 10.1. The van der Waals surface area contributed by atoms with E-state index in [1.165, 1.54) is 38.5 Å². The van der Waals surface area contributed by atoms with Gasteiger partial charge in [0.1, 0.15) is 0 Å². The molecule has 0 N–H and O–H groups in total. The van der Waals surface area contributed by atoms with Gasteiger partial charge in [-0.05, 0) is 47.1 Å². The van der Waals surface area contributed by atoms with Gasteiger partial charge in [-0.25, -0.2) is 0 Å². The van der Waals surface area contributed by atoms with Crippen LogP contribution in [-0.2, 0) is 12.8 Å². The van der Waals surface area contributed by atoms with Crippen molar-refractivity contribution < 1.29 is 0 Å². The van der Waals surface area contributed by atoms with Gasteiger partial charge >= 0.3 is 0 Å². The van der Waals surface area contributed by atoms with Crippen LogP contribution in [0.4, 0.5) is 0 Å². The smallest absolute Gasteiger partial charge is 0.0273 e. The summed E-state index contributed by atoms with van der Waals surface area (Å²) in [5.74, 6) is 1.06. The summed E-state index contributed by atoms with van der Waals surface area (Å²) in [4.78, 5) is 0. The summed E-state index contributed by atoms with van der Waals surface area (Å²) < 4.78 is 0. The Balaban J connectivity index is -0.000000292. The van der Waals surface area contributed by atoms with E-state index in [0.29, 0.717) is 10.8 Å². The monoisotopic (exact) mass is 392 g/mol. The highest BCUT2D eigenvalue weighted by molar-refractivity contribution is 5.30. The van der Waals surface area contributed by atoms with Gasteiger partial charge in [0, 0.05) is 0 Å². The molecule has 2 aliphatic rings. The molecule has 2 aliphatic carbocycles.